The van der Waals surface area contributed by atoms with Crippen LogP contribution in [0.5, 0.6) is 0 Å². The largest absolute Gasteiger partial charge is 0.356 e. The summed E-state index contributed by atoms with van der Waals surface area (Å²) in [6.07, 6.45) is 5.35. The zero-order valence-corrected chi connectivity index (χ0v) is 15.1. The summed E-state index contributed by atoms with van der Waals surface area (Å²) < 4.78 is 0. The Morgan fingerprint density at radius 1 is 1.24 bits per heavy atom. The molecule has 1 atom stereocenters. The number of pyridine rings is 2. The van der Waals surface area contributed by atoms with Crippen LogP contribution < -0.4 is 4.90 Å². The van der Waals surface area contributed by atoms with Gasteiger partial charge in [0, 0.05) is 57.1 Å². The Balaban J connectivity index is 1.67. The molecule has 0 N–H and O–H groups in total. The molecule has 1 aliphatic rings. The molecular formula is C20H26N4O. The Morgan fingerprint density at radius 2 is 2.12 bits per heavy atom. The van der Waals surface area contributed by atoms with Gasteiger partial charge in [-0.25, -0.2) is 4.98 Å². The molecule has 3 rings (SSSR count). The molecule has 1 amide bonds. The lowest BCUT2D eigenvalue weighted by Gasteiger charge is -2.33. The molecule has 1 fully saturated rings. The number of amides is 1. The van der Waals surface area contributed by atoms with Crippen molar-refractivity contribution >= 4 is 11.7 Å². The highest BCUT2D eigenvalue weighted by atomic mass is 16.2. The lowest BCUT2D eigenvalue weighted by atomic mass is 9.94. The van der Waals surface area contributed by atoms with Crippen LogP contribution in [0.15, 0.2) is 42.6 Å². The number of rotatable bonds is 5. The second-order valence-electron chi connectivity index (χ2n) is 6.82. The first-order valence-electron chi connectivity index (χ1n) is 8.95. The smallest absolute Gasteiger partial charge is 0.222 e. The average Bonchev–Trinajstić information content (AvgIpc) is 2.67. The molecule has 0 saturated carbocycles. The van der Waals surface area contributed by atoms with E-state index in [9.17, 15) is 4.79 Å². The molecule has 5 nitrogen and oxygen atoms in total. The minimum Gasteiger partial charge on any atom is -0.356 e. The monoisotopic (exact) mass is 338 g/mol. The van der Waals surface area contributed by atoms with E-state index < -0.39 is 0 Å². The number of anilines is 1. The van der Waals surface area contributed by atoms with Crippen LogP contribution in [-0.2, 0) is 11.2 Å². The van der Waals surface area contributed by atoms with Crippen LogP contribution in [-0.4, -0.2) is 48.0 Å². The maximum absolute atomic E-state index is 11.8. The number of aryl methyl sites for hydroxylation is 1. The topological polar surface area (TPSA) is 49.3 Å². The third kappa shape index (κ3) is 4.56. The van der Waals surface area contributed by atoms with Gasteiger partial charge in [0.25, 0.3) is 0 Å². The molecule has 2 aromatic rings. The number of carbonyl (C=O) groups excluding carboxylic acids is 1. The molecular weight excluding hydrogens is 312 g/mol. The summed E-state index contributed by atoms with van der Waals surface area (Å²) in [5, 5.41) is 0. The molecule has 1 saturated heterocycles. The molecule has 2 aromatic heterocycles. The molecule has 3 heterocycles. The van der Waals surface area contributed by atoms with Crippen molar-refractivity contribution in [3.8, 4) is 0 Å². The normalized spacial score (nSPS) is 17.4. The molecule has 0 radical (unpaired) electrons. The highest BCUT2D eigenvalue weighted by Gasteiger charge is 2.23. The second kappa shape index (κ2) is 8.10. The van der Waals surface area contributed by atoms with Crippen LogP contribution in [0, 0.1) is 0 Å². The number of hydrogen-bond donors (Lipinski definition) is 0. The third-order valence-corrected chi connectivity index (χ3v) is 4.74. The summed E-state index contributed by atoms with van der Waals surface area (Å²) >= 11 is 0. The molecule has 0 aliphatic carbocycles. The van der Waals surface area contributed by atoms with Crippen molar-refractivity contribution < 1.29 is 4.79 Å². The van der Waals surface area contributed by atoms with E-state index in [1.807, 2.05) is 24.4 Å². The molecule has 0 spiro atoms. The number of aromatic nitrogens is 2. The lowest BCUT2D eigenvalue weighted by Crippen LogP contribution is -2.35. The summed E-state index contributed by atoms with van der Waals surface area (Å²) in [5.74, 6) is 1.60. The van der Waals surface area contributed by atoms with Crippen LogP contribution in [0.2, 0.25) is 0 Å². The lowest BCUT2D eigenvalue weighted by molar-refractivity contribution is -0.128. The Morgan fingerprint density at radius 3 is 2.88 bits per heavy atom. The number of hydrogen-bond acceptors (Lipinski definition) is 4. The van der Waals surface area contributed by atoms with Crippen molar-refractivity contribution in [3.05, 3.63) is 54.0 Å². The Labute approximate surface area is 149 Å². The van der Waals surface area contributed by atoms with Gasteiger partial charge >= 0.3 is 0 Å². The predicted molar refractivity (Wildman–Crippen MR) is 99.7 cm³/mol. The van der Waals surface area contributed by atoms with E-state index in [1.54, 1.807) is 19.0 Å². The summed E-state index contributed by atoms with van der Waals surface area (Å²) in [4.78, 5) is 25.1. The van der Waals surface area contributed by atoms with Gasteiger partial charge in [0.05, 0.1) is 0 Å². The molecule has 0 bridgehead atoms. The van der Waals surface area contributed by atoms with Gasteiger partial charge in [0.2, 0.25) is 5.91 Å². The van der Waals surface area contributed by atoms with Crippen molar-refractivity contribution in [1.82, 2.24) is 14.9 Å². The Hall–Kier alpha value is -2.43. The van der Waals surface area contributed by atoms with Gasteiger partial charge < -0.3 is 9.80 Å². The maximum atomic E-state index is 11.8. The van der Waals surface area contributed by atoms with Gasteiger partial charge in [-0.1, -0.05) is 12.1 Å². The SMILES string of the molecule is CN(C)C(=O)CCc1cccc(C2CCCN(c3ccccn3)C2)n1. The summed E-state index contributed by atoms with van der Waals surface area (Å²) in [7, 11) is 3.58. The van der Waals surface area contributed by atoms with Crippen molar-refractivity contribution in [3.63, 3.8) is 0 Å². The summed E-state index contributed by atoms with van der Waals surface area (Å²) in [5.41, 5.74) is 2.14. The van der Waals surface area contributed by atoms with Crippen LogP contribution in [0.3, 0.4) is 0 Å². The van der Waals surface area contributed by atoms with E-state index in [-0.39, 0.29) is 5.91 Å². The molecule has 25 heavy (non-hydrogen) atoms. The van der Waals surface area contributed by atoms with Crippen molar-refractivity contribution in [2.24, 2.45) is 0 Å². The maximum Gasteiger partial charge on any atom is 0.222 e. The van der Waals surface area contributed by atoms with Gasteiger partial charge in [-0.15, -0.1) is 0 Å². The third-order valence-electron chi connectivity index (χ3n) is 4.74. The van der Waals surface area contributed by atoms with E-state index in [0.29, 0.717) is 18.8 Å². The van der Waals surface area contributed by atoms with Crippen molar-refractivity contribution in [2.45, 2.75) is 31.6 Å². The number of carbonyl (C=O) groups is 1. The second-order valence-corrected chi connectivity index (χ2v) is 6.82. The van der Waals surface area contributed by atoms with Crippen LogP contribution in [0.1, 0.15) is 36.6 Å². The van der Waals surface area contributed by atoms with E-state index in [1.165, 1.54) is 0 Å². The molecule has 1 unspecified atom stereocenters. The average molecular weight is 338 g/mol. The van der Waals surface area contributed by atoms with Crippen molar-refractivity contribution in [1.29, 1.82) is 0 Å². The summed E-state index contributed by atoms with van der Waals surface area (Å²) in [6.45, 7) is 1.99. The van der Waals surface area contributed by atoms with Gasteiger partial charge in [-0.05, 0) is 43.5 Å². The van der Waals surface area contributed by atoms with Crippen LogP contribution in [0.4, 0.5) is 5.82 Å². The van der Waals surface area contributed by atoms with Crippen LogP contribution >= 0.6 is 0 Å². The fourth-order valence-electron chi connectivity index (χ4n) is 3.29. The fourth-order valence-corrected chi connectivity index (χ4v) is 3.29. The first-order valence-corrected chi connectivity index (χ1v) is 8.95. The Kier molecular flexibility index (Phi) is 5.64. The summed E-state index contributed by atoms with van der Waals surface area (Å²) in [6, 6.07) is 12.3. The van der Waals surface area contributed by atoms with E-state index in [4.69, 9.17) is 4.98 Å². The Bertz CT molecular complexity index is 702. The minimum atomic E-state index is 0.145. The first-order chi connectivity index (χ1) is 12.1. The highest BCUT2D eigenvalue weighted by Crippen LogP contribution is 2.28. The van der Waals surface area contributed by atoms with E-state index >= 15 is 0 Å². The standard InChI is InChI=1S/C20H26N4O/c1-23(2)20(25)12-11-17-8-5-9-18(22-17)16-7-6-14-24(15-16)19-10-3-4-13-21-19/h3-5,8-10,13,16H,6-7,11-12,14-15H2,1-2H3. The van der Waals surface area contributed by atoms with Gasteiger partial charge in [0.1, 0.15) is 5.82 Å². The van der Waals surface area contributed by atoms with Gasteiger partial charge in [-0.3, -0.25) is 9.78 Å². The quantitative estimate of drug-likeness (QED) is 0.841. The fraction of sp³-hybridized carbons (Fsp3) is 0.450. The highest BCUT2D eigenvalue weighted by molar-refractivity contribution is 5.75. The first kappa shape index (κ1) is 17.4. The number of nitrogens with zero attached hydrogens (tertiary/aromatic N) is 4. The minimum absolute atomic E-state index is 0.145. The predicted octanol–water partition coefficient (Wildman–Crippen LogP) is 2.88. The molecule has 5 heteroatoms. The zero-order valence-electron chi connectivity index (χ0n) is 15.1. The van der Waals surface area contributed by atoms with E-state index in [0.717, 1.165) is 43.1 Å². The van der Waals surface area contributed by atoms with E-state index in [2.05, 4.69) is 28.1 Å². The van der Waals surface area contributed by atoms with Crippen molar-refractivity contribution in [2.75, 3.05) is 32.1 Å². The number of piperidine rings is 1. The van der Waals surface area contributed by atoms with Gasteiger partial charge in [0.15, 0.2) is 0 Å². The van der Waals surface area contributed by atoms with Crippen LogP contribution in [0.25, 0.3) is 0 Å². The zero-order chi connectivity index (χ0) is 17.6. The molecule has 1 aliphatic heterocycles. The molecule has 132 valence electrons. The van der Waals surface area contributed by atoms with Gasteiger partial charge in [-0.2, -0.15) is 0 Å². The molecule has 0 aromatic carbocycles.